The van der Waals surface area contributed by atoms with Crippen molar-refractivity contribution in [1.29, 1.82) is 5.26 Å². The number of aromatic nitrogens is 1. The zero-order valence-electron chi connectivity index (χ0n) is 7.12. The van der Waals surface area contributed by atoms with Gasteiger partial charge in [0.2, 0.25) is 5.56 Å². The van der Waals surface area contributed by atoms with E-state index in [0.29, 0.717) is 6.07 Å². The third kappa shape index (κ3) is 1.99. The molecule has 15 heavy (non-hydrogen) atoms. The van der Waals surface area contributed by atoms with Crippen LogP contribution in [0.3, 0.4) is 0 Å². The summed E-state index contributed by atoms with van der Waals surface area (Å²) in [4.78, 5) is 23.2. The SMILES string of the molecule is N#Cc1c(C(F)F)cc(=O)[nH]c1C(=O)O. The molecule has 0 bridgehead atoms. The number of rotatable bonds is 2. The van der Waals surface area contributed by atoms with Crippen LogP contribution in [0.25, 0.3) is 0 Å². The number of nitrogens with one attached hydrogen (secondary N) is 1. The smallest absolute Gasteiger partial charge is 0.353 e. The predicted octanol–water partition coefficient (Wildman–Crippen LogP) is 0.882. The van der Waals surface area contributed by atoms with Gasteiger partial charge in [0.05, 0.1) is 5.56 Å². The average molecular weight is 214 g/mol. The molecule has 2 N–H and O–H groups in total. The lowest BCUT2D eigenvalue weighted by Gasteiger charge is -2.04. The second kappa shape index (κ2) is 3.88. The van der Waals surface area contributed by atoms with Gasteiger partial charge in [-0.05, 0) is 0 Å². The van der Waals surface area contributed by atoms with E-state index in [0.717, 1.165) is 0 Å². The Labute approximate surface area is 81.6 Å². The fraction of sp³-hybridized carbons (Fsp3) is 0.125. The van der Waals surface area contributed by atoms with Crippen molar-refractivity contribution in [2.75, 3.05) is 0 Å². The van der Waals surface area contributed by atoms with Crippen molar-refractivity contribution in [3.05, 3.63) is 33.2 Å². The molecule has 5 nitrogen and oxygen atoms in total. The van der Waals surface area contributed by atoms with Gasteiger partial charge in [0, 0.05) is 11.6 Å². The van der Waals surface area contributed by atoms with Gasteiger partial charge < -0.3 is 10.1 Å². The number of carboxylic acid groups (broad SMARTS) is 1. The van der Waals surface area contributed by atoms with E-state index < -0.39 is 34.8 Å². The molecule has 1 heterocycles. The number of nitriles is 1. The molecule has 0 aliphatic heterocycles. The predicted molar refractivity (Wildman–Crippen MR) is 43.7 cm³/mol. The molecule has 0 aliphatic carbocycles. The highest BCUT2D eigenvalue weighted by Gasteiger charge is 2.21. The van der Waals surface area contributed by atoms with Crippen LogP contribution < -0.4 is 5.56 Å². The van der Waals surface area contributed by atoms with E-state index in [1.165, 1.54) is 6.07 Å². The van der Waals surface area contributed by atoms with E-state index in [4.69, 9.17) is 10.4 Å². The number of aromatic amines is 1. The minimum Gasteiger partial charge on any atom is -0.477 e. The van der Waals surface area contributed by atoms with Gasteiger partial charge in [0.1, 0.15) is 11.8 Å². The summed E-state index contributed by atoms with van der Waals surface area (Å²) < 4.78 is 24.7. The van der Waals surface area contributed by atoms with Gasteiger partial charge in [-0.15, -0.1) is 0 Å². The number of carboxylic acids is 1. The molecule has 1 rings (SSSR count). The molecule has 0 amide bonds. The maximum Gasteiger partial charge on any atom is 0.353 e. The topological polar surface area (TPSA) is 94.0 Å². The lowest BCUT2D eigenvalue weighted by Crippen LogP contribution is -2.16. The third-order valence-corrected chi connectivity index (χ3v) is 1.63. The molecule has 1 aromatic heterocycles. The minimum atomic E-state index is -3.07. The monoisotopic (exact) mass is 214 g/mol. The van der Waals surface area contributed by atoms with E-state index in [9.17, 15) is 18.4 Å². The Hall–Kier alpha value is -2.23. The molecule has 0 spiro atoms. The number of hydrogen-bond acceptors (Lipinski definition) is 3. The van der Waals surface area contributed by atoms with Crippen LogP contribution >= 0.6 is 0 Å². The van der Waals surface area contributed by atoms with Crippen molar-refractivity contribution in [3.63, 3.8) is 0 Å². The third-order valence-electron chi connectivity index (χ3n) is 1.63. The molecule has 0 saturated heterocycles. The lowest BCUT2D eigenvalue weighted by atomic mass is 10.1. The molecule has 1 aromatic rings. The van der Waals surface area contributed by atoms with E-state index in [1.54, 1.807) is 0 Å². The van der Waals surface area contributed by atoms with Crippen LogP contribution in [0.5, 0.6) is 0 Å². The molecular weight excluding hydrogens is 210 g/mol. The summed E-state index contributed by atoms with van der Waals surface area (Å²) in [6, 6.07) is 1.83. The van der Waals surface area contributed by atoms with Crippen LogP contribution in [0.15, 0.2) is 10.9 Å². The van der Waals surface area contributed by atoms with Gasteiger partial charge in [-0.1, -0.05) is 0 Å². The van der Waals surface area contributed by atoms with Crippen molar-refractivity contribution in [1.82, 2.24) is 4.98 Å². The van der Waals surface area contributed by atoms with Gasteiger partial charge in [0.25, 0.3) is 6.43 Å². The van der Waals surface area contributed by atoms with E-state index in [-0.39, 0.29) is 0 Å². The average Bonchev–Trinajstić information content (AvgIpc) is 2.16. The van der Waals surface area contributed by atoms with Crippen molar-refractivity contribution in [2.45, 2.75) is 6.43 Å². The highest BCUT2D eigenvalue weighted by molar-refractivity contribution is 5.88. The first kappa shape index (κ1) is 10.8. The summed E-state index contributed by atoms with van der Waals surface area (Å²) in [7, 11) is 0. The summed E-state index contributed by atoms with van der Waals surface area (Å²) in [6.07, 6.45) is -3.07. The van der Waals surface area contributed by atoms with Crippen molar-refractivity contribution in [3.8, 4) is 6.07 Å². The molecular formula is C8H4F2N2O3. The molecule has 0 unspecified atom stereocenters. The largest absolute Gasteiger partial charge is 0.477 e. The van der Waals surface area contributed by atoms with Gasteiger partial charge in [-0.25, -0.2) is 13.6 Å². The summed E-state index contributed by atoms with van der Waals surface area (Å²) in [6.45, 7) is 0. The number of alkyl halides is 2. The van der Waals surface area contributed by atoms with Crippen LogP contribution in [-0.4, -0.2) is 16.1 Å². The molecule has 0 saturated carbocycles. The maximum absolute atomic E-state index is 12.3. The fourth-order valence-corrected chi connectivity index (χ4v) is 1.03. The second-order valence-electron chi connectivity index (χ2n) is 2.56. The number of halogens is 2. The number of pyridine rings is 1. The van der Waals surface area contributed by atoms with Crippen molar-refractivity contribution in [2.24, 2.45) is 0 Å². The van der Waals surface area contributed by atoms with Crippen LogP contribution in [0.1, 0.15) is 28.0 Å². The van der Waals surface area contributed by atoms with Gasteiger partial charge >= 0.3 is 5.97 Å². The normalized spacial score (nSPS) is 10.0. The summed E-state index contributed by atoms with van der Waals surface area (Å²) in [5.74, 6) is -1.63. The number of nitrogens with zero attached hydrogens (tertiary/aromatic N) is 1. The highest BCUT2D eigenvalue weighted by Crippen LogP contribution is 2.22. The van der Waals surface area contributed by atoms with Crippen LogP contribution in [0.2, 0.25) is 0 Å². The quantitative estimate of drug-likeness (QED) is 0.764. The van der Waals surface area contributed by atoms with Crippen molar-refractivity contribution < 1.29 is 18.7 Å². The molecule has 7 heteroatoms. The van der Waals surface area contributed by atoms with Crippen molar-refractivity contribution >= 4 is 5.97 Å². The summed E-state index contributed by atoms with van der Waals surface area (Å²) >= 11 is 0. The number of H-pyrrole nitrogens is 1. The molecule has 0 atom stereocenters. The fourth-order valence-electron chi connectivity index (χ4n) is 1.03. The number of aromatic carboxylic acids is 1. The Balaban J connectivity index is 3.62. The van der Waals surface area contributed by atoms with Crippen LogP contribution in [0.4, 0.5) is 8.78 Å². The van der Waals surface area contributed by atoms with Gasteiger partial charge in [-0.2, -0.15) is 5.26 Å². The molecule has 0 aliphatic rings. The van der Waals surface area contributed by atoms with E-state index in [1.807, 2.05) is 4.98 Å². The Morgan fingerprint density at radius 3 is 2.60 bits per heavy atom. The Morgan fingerprint density at radius 2 is 2.20 bits per heavy atom. The molecule has 0 fully saturated rings. The Bertz CT molecular complexity index is 502. The molecule has 0 aromatic carbocycles. The zero-order chi connectivity index (χ0) is 11.6. The molecule has 78 valence electrons. The van der Waals surface area contributed by atoms with E-state index >= 15 is 0 Å². The number of hydrogen-bond donors (Lipinski definition) is 2. The standard InChI is InChI=1S/C8H4F2N2O3/c9-7(10)3-1-5(13)12-6(8(14)15)4(3)2-11/h1,7H,(H,12,13)(H,14,15). The van der Waals surface area contributed by atoms with Crippen LogP contribution in [0, 0.1) is 11.3 Å². The Kier molecular flexibility index (Phi) is 2.80. The zero-order valence-corrected chi connectivity index (χ0v) is 7.12. The summed E-state index contributed by atoms with van der Waals surface area (Å²) in [5.41, 5.74) is -3.40. The maximum atomic E-state index is 12.3. The summed E-state index contributed by atoms with van der Waals surface area (Å²) in [5, 5.41) is 17.1. The minimum absolute atomic E-state index is 0.510. The van der Waals surface area contributed by atoms with E-state index in [2.05, 4.69) is 0 Å². The first-order valence-electron chi connectivity index (χ1n) is 3.66. The number of carbonyl (C=O) groups is 1. The first-order chi connectivity index (χ1) is 6.97. The lowest BCUT2D eigenvalue weighted by molar-refractivity contribution is 0.0689. The first-order valence-corrected chi connectivity index (χ1v) is 3.66. The molecule has 0 radical (unpaired) electrons. The van der Waals surface area contributed by atoms with Gasteiger partial charge in [-0.3, -0.25) is 4.79 Å². The second-order valence-corrected chi connectivity index (χ2v) is 2.56. The van der Waals surface area contributed by atoms with Crippen LogP contribution in [-0.2, 0) is 0 Å². The highest BCUT2D eigenvalue weighted by atomic mass is 19.3. The van der Waals surface area contributed by atoms with Gasteiger partial charge in [0.15, 0.2) is 0 Å². The Morgan fingerprint density at radius 1 is 1.60 bits per heavy atom.